The predicted molar refractivity (Wildman–Crippen MR) is 52.2 cm³/mol. The van der Waals surface area contributed by atoms with Crippen LogP contribution in [0.2, 0.25) is 0 Å². The third kappa shape index (κ3) is 2.08. The molecule has 2 aliphatic rings. The van der Waals surface area contributed by atoms with Crippen molar-refractivity contribution in [3.8, 4) is 0 Å². The third-order valence-electron chi connectivity index (χ3n) is 1.95. The van der Waals surface area contributed by atoms with E-state index in [1.54, 1.807) is 0 Å². The Hall–Kier alpha value is 0.220. The van der Waals surface area contributed by atoms with Gasteiger partial charge in [0.15, 0.2) is 0 Å². The number of allylic oxidation sites excluding steroid dienone is 8. The zero-order valence-electron chi connectivity index (χ0n) is 5.88. The van der Waals surface area contributed by atoms with Crippen molar-refractivity contribution in [1.29, 1.82) is 0 Å². The van der Waals surface area contributed by atoms with Crippen LogP contribution in [0, 0.1) is 0 Å². The Labute approximate surface area is 97.4 Å². The zero-order chi connectivity index (χ0) is 6.81. The van der Waals surface area contributed by atoms with Gasteiger partial charge in [-0.1, -0.05) is 36.5 Å². The second-order valence-electron chi connectivity index (χ2n) is 2.65. The van der Waals surface area contributed by atoms with Crippen LogP contribution in [0.4, 0.5) is 0 Å². The molecule has 0 aliphatic heterocycles. The van der Waals surface area contributed by atoms with Gasteiger partial charge in [-0.05, 0) is 24.0 Å². The third-order valence-corrected chi connectivity index (χ3v) is 1.95. The molecule has 0 saturated carbocycles. The van der Waals surface area contributed by atoms with E-state index in [0.29, 0.717) is 0 Å². The molecule has 0 radical (unpaired) electrons. The van der Waals surface area contributed by atoms with E-state index >= 15 is 0 Å². The summed E-state index contributed by atoms with van der Waals surface area (Å²) in [6.45, 7) is 0. The molecule has 0 saturated heterocycles. The van der Waals surface area contributed by atoms with Gasteiger partial charge in [-0.3, -0.25) is 0 Å². The van der Waals surface area contributed by atoms with E-state index in [0.717, 1.165) is 12.8 Å². The molecule has 0 amide bonds. The summed E-state index contributed by atoms with van der Waals surface area (Å²) in [5, 5.41) is 0. The van der Waals surface area contributed by atoms with Crippen molar-refractivity contribution >= 4 is 37.7 Å². The Morgan fingerprint density at radius 3 is 1.55 bits per heavy atom. The van der Waals surface area contributed by atoms with E-state index in [4.69, 9.17) is 0 Å². The van der Waals surface area contributed by atoms with Crippen LogP contribution in [-0.2, 0) is 0 Å². The molecule has 0 bridgehead atoms. The van der Waals surface area contributed by atoms with E-state index in [1.165, 1.54) is 11.1 Å². The molecule has 0 fully saturated rings. The molecule has 0 heterocycles. The van der Waals surface area contributed by atoms with Gasteiger partial charge < -0.3 is 0 Å². The van der Waals surface area contributed by atoms with Crippen LogP contribution in [0.5, 0.6) is 0 Å². The van der Waals surface area contributed by atoms with E-state index in [9.17, 15) is 0 Å². The van der Waals surface area contributed by atoms with Gasteiger partial charge >= 0.3 is 37.7 Å². The second-order valence-corrected chi connectivity index (χ2v) is 2.65. The van der Waals surface area contributed by atoms with Crippen molar-refractivity contribution in [3.05, 3.63) is 47.6 Å². The molecule has 0 aromatic rings. The van der Waals surface area contributed by atoms with Crippen LogP contribution in [0.3, 0.4) is 0 Å². The fraction of sp³-hybridized carbons (Fsp3) is 0.200. The first-order chi connectivity index (χ1) is 4.97. The predicted octanol–water partition coefficient (Wildman–Crippen LogP) is 1.84. The summed E-state index contributed by atoms with van der Waals surface area (Å²) in [6.07, 6.45) is 15.4. The Morgan fingerprint density at radius 2 is 1.27 bits per heavy atom. The van der Waals surface area contributed by atoms with E-state index in [-0.39, 0.29) is 37.7 Å². The quantitative estimate of drug-likeness (QED) is 0.529. The van der Waals surface area contributed by atoms with Crippen LogP contribution in [0.15, 0.2) is 47.6 Å². The summed E-state index contributed by atoms with van der Waals surface area (Å²) in [6, 6.07) is 0. The summed E-state index contributed by atoms with van der Waals surface area (Å²) < 4.78 is 0. The van der Waals surface area contributed by atoms with Gasteiger partial charge in [0.05, 0.1) is 0 Å². The normalized spacial score (nSPS) is 19.6. The fourth-order valence-electron chi connectivity index (χ4n) is 1.37. The molecule has 11 heavy (non-hydrogen) atoms. The Bertz CT molecular complexity index is 226. The van der Waals surface area contributed by atoms with Crippen LogP contribution in [-0.4, -0.2) is 37.7 Å². The summed E-state index contributed by atoms with van der Waals surface area (Å²) in [7, 11) is 0. The van der Waals surface area contributed by atoms with Gasteiger partial charge in [0.1, 0.15) is 0 Å². The first-order valence-electron chi connectivity index (χ1n) is 3.68. The molecule has 2 rings (SSSR count). The summed E-state index contributed by atoms with van der Waals surface area (Å²) in [5.74, 6) is 0. The maximum absolute atomic E-state index is 2.21. The van der Waals surface area contributed by atoms with Crippen LogP contribution >= 0.6 is 0 Å². The average Bonchev–Trinajstić information content (AvgIpc) is 2.59. The second kappa shape index (κ2) is 4.30. The van der Waals surface area contributed by atoms with Crippen LogP contribution < -0.4 is 0 Å². The standard InChI is InChI=1S/C10H10.Ca.2H/c1-2-6-9(5-1)10-7-3-4-8-10;;;/h1-5,7H,6,8H2;;;. The molecule has 0 N–H and O–H groups in total. The van der Waals surface area contributed by atoms with E-state index in [1.807, 2.05) is 0 Å². The van der Waals surface area contributed by atoms with E-state index < -0.39 is 0 Å². The Kier molecular flexibility index (Phi) is 3.64. The topological polar surface area (TPSA) is 0 Å². The van der Waals surface area contributed by atoms with Gasteiger partial charge in [-0.25, -0.2) is 0 Å². The van der Waals surface area contributed by atoms with Gasteiger partial charge in [0.2, 0.25) is 0 Å². The average molecular weight is 172 g/mol. The minimum atomic E-state index is 0. The molecule has 0 nitrogen and oxygen atoms in total. The van der Waals surface area contributed by atoms with Gasteiger partial charge in [0.25, 0.3) is 0 Å². The van der Waals surface area contributed by atoms with Gasteiger partial charge in [-0.2, -0.15) is 0 Å². The SMILES string of the molecule is C1=CCC(C2=CC=CC2)=C1.[CaH2]. The van der Waals surface area contributed by atoms with Crippen LogP contribution in [0.25, 0.3) is 0 Å². The fourth-order valence-corrected chi connectivity index (χ4v) is 1.37. The van der Waals surface area contributed by atoms with Crippen molar-refractivity contribution in [1.82, 2.24) is 0 Å². The molecule has 0 aromatic heterocycles. The monoisotopic (exact) mass is 172 g/mol. The molecule has 0 spiro atoms. The van der Waals surface area contributed by atoms with Crippen molar-refractivity contribution in [2.24, 2.45) is 0 Å². The number of rotatable bonds is 1. The molecular weight excluding hydrogens is 160 g/mol. The van der Waals surface area contributed by atoms with Crippen molar-refractivity contribution in [3.63, 3.8) is 0 Å². The molecule has 1 heteroatoms. The molecule has 54 valence electrons. The summed E-state index contributed by atoms with van der Waals surface area (Å²) in [5.41, 5.74) is 2.98. The molecule has 0 atom stereocenters. The van der Waals surface area contributed by atoms with Crippen molar-refractivity contribution in [2.75, 3.05) is 0 Å². The van der Waals surface area contributed by atoms with E-state index in [2.05, 4.69) is 36.5 Å². The number of hydrogen-bond donors (Lipinski definition) is 0. The Balaban J connectivity index is 0.000000605. The molecule has 0 aromatic carbocycles. The Morgan fingerprint density at radius 1 is 0.818 bits per heavy atom. The molecule has 0 unspecified atom stereocenters. The summed E-state index contributed by atoms with van der Waals surface area (Å²) >= 11 is 0. The minimum absolute atomic E-state index is 0. The first kappa shape index (κ1) is 9.31. The molecular formula is C10H12Ca. The van der Waals surface area contributed by atoms with Gasteiger partial charge in [0, 0.05) is 0 Å². The van der Waals surface area contributed by atoms with Gasteiger partial charge in [-0.15, -0.1) is 0 Å². The number of hydrogen-bond acceptors (Lipinski definition) is 0. The molecule has 2 aliphatic carbocycles. The maximum atomic E-state index is 2.21. The zero-order valence-corrected chi connectivity index (χ0v) is 5.88. The van der Waals surface area contributed by atoms with Crippen molar-refractivity contribution in [2.45, 2.75) is 12.8 Å². The first-order valence-corrected chi connectivity index (χ1v) is 3.68. The summed E-state index contributed by atoms with van der Waals surface area (Å²) in [4.78, 5) is 0. The van der Waals surface area contributed by atoms with Crippen molar-refractivity contribution < 1.29 is 0 Å². The van der Waals surface area contributed by atoms with Crippen LogP contribution in [0.1, 0.15) is 12.8 Å².